The predicted molar refractivity (Wildman–Crippen MR) is 74.5 cm³/mol. The van der Waals surface area contributed by atoms with Crippen LogP contribution < -0.4 is 4.90 Å². The average Bonchev–Trinajstić information content (AvgIpc) is 2.36. The van der Waals surface area contributed by atoms with Gasteiger partial charge in [-0.15, -0.1) is 0 Å². The Bertz CT molecular complexity index is 336. The Balaban J connectivity index is 2.84. The molecule has 1 aromatic rings. The van der Waals surface area contributed by atoms with Crippen LogP contribution in [0.15, 0.2) is 24.3 Å². The summed E-state index contributed by atoms with van der Waals surface area (Å²) in [5.74, 6) is 0. The monoisotopic (exact) mass is 235 g/mol. The third-order valence-electron chi connectivity index (χ3n) is 3.93. The number of hydrogen-bond donors (Lipinski definition) is 1. The third-order valence-corrected chi connectivity index (χ3v) is 3.93. The highest BCUT2D eigenvalue weighted by Gasteiger charge is 2.27. The molecule has 0 amide bonds. The molecule has 1 aromatic carbocycles. The van der Waals surface area contributed by atoms with Crippen LogP contribution in [0.5, 0.6) is 0 Å². The third kappa shape index (κ3) is 3.22. The Hall–Kier alpha value is -1.02. The minimum absolute atomic E-state index is 0.0248. The van der Waals surface area contributed by atoms with Crippen LogP contribution in [0.4, 0.5) is 5.69 Å². The number of nitrogens with zero attached hydrogens (tertiary/aromatic N) is 1. The van der Waals surface area contributed by atoms with Gasteiger partial charge in [0.15, 0.2) is 0 Å². The molecule has 0 heterocycles. The van der Waals surface area contributed by atoms with E-state index in [-0.39, 0.29) is 12.0 Å². The molecule has 0 fully saturated rings. The van der Waals surface area contributed by atoms with Gasteiger partial charge in [0.05, 0.1) is 6.61 Å². The second kappa shape index (κ2) is 6.06. The second-order valence-corrected chi connectivity index (χ2v) is 5.01. The molecule has 0 radical (unpaired) electrons. The standard InChI is InChI=1S/C15H25NO/c1-5-15(6-2,12-17)11-16(4)14-10-8-7-9-13(14)3/h7-10,17H,5-6,11-12H2,1-4H3. The number of anilines is 1. The Morgan fingerprint density at radius 2 is 1.76 bits per heavy atom. The van der Waals surface area contributed by atoms with Gasteiger partial charge >= 0.3 is 0 Å². The molecule has 0 spiro atoms. The second-order valence-electron chi connectivity index (χ2n) is 5.01. The first-order chi connectivity index (χ1) is 8.08. The lowest BCUT2D eigenvalue weighted by Crippen LogP contribution is -2.38. The summed E-state index contributed by atoms with van der Waals surface area (Å²) < 4.78 is 0. The molecule has 0 unspecified atom stereocenters. The highest BCUT2D eigenvalue weighted by molar-refractivity contribution is 5.52. The molecule has 0 aliphatic heterocycles. The molecule has 0 saturated carbocycles. The topological polar surface area (TPSA) is 23.5 Å². The smallest absolute Gasteiger partial charge is 0.0504 e. The maximum atomic E-state index is 9.61. The SMILES string of the molecule is CCC(CC)(CO)CN(C)c1ccccc1C. The summed E-state index contributed by atoms with van der Waals surface area (Å²) in [6, 6.07) is 8.40. The number of aliphatic hydroxyl groups is 1. The summed E-state index contributed by atoms with van der Waals surface area (Å²) in [6.45, 7) is 7.61. The van der Waals surface area contributed by atoms with Crippen LogP contribution in [0.3, 0.4) is 0 Å². The van der Waals surface area contributed by atoms with E-state index in [1.54, 1.807) is 0 Å². The lowest BCUT2D eigenvalue weighted by molar-refractivity contribution is 0.121. The summed E-state index contributed by atoms with van der Waals surface area (Å²) in [5, 5.41) is 9.61. The van der Waals surface area contributed by atoms with Crippen LogP contribution in [-0.2, 0) is 0 Å². The molecule has 1 rings (SSSR count). The minimum atomic E-state index is 0.0248. The number of aryl methyl sites for hydroxylation is 1. The van der Waals surface area contributed by atoms with E-state index in [0.717, 1.165) is 19.4 Å². The molecule has 0 aliphatic carbocycles. The molecular formula is C15H25NO. The fourth-order valence-corrected chi connectivity index (χ4v) is 2.33. The first-order valence-corrected chi connectivity index (χ1v) is 6.46. The fourth-order valence-electron chi connectivity index (χ4n) is 2.33. The van der Waals surface area contributed by atoms with Crippen molar-refractivity contribution in [3.63, 3.8) is 0 Å². The van der Waals surface area contributed by atoms with E-state index in [9.17, 15) is 5.11 Å². The first-order valence-electron chi connectivity index (χ1n) is 6.46. The summed E-state index contributed by atoms with van der Waals surface area (Å²) in [4.78, 5) is 2.26. The van der Waals surface area contributed by atoms with Crippen LogP contribution in [-0.4, -0.2) is 25.3 Å². The highest BCUT2D eigenvalue weighted by Crippen LogP contribution is 2.29. The molecule has 96 valence electrons. The van der Waals surface area contributed by atoms with Crippen molar-refractivity contribution in [1.29, 1.82) is 0 Å². The van der Waals surface area contributed by atoms with Gasteiger partial charge in [0.1, 0.15) is 0 Å². The molecular weight excluding hydrogens is 210 g/mol. The van der Waals surface area contributed by atoms with Gasteiger partial charge in [-0.05, 0) is 31.4 Å². The predicted octanol–water partition coefficient (Wildman–Crippen LogP) is 3.23. The maximum absolute atomic E-state index is 9.61. The zero-order valence-electron chi connectivity index (χ0n) is 11.5. The van der Waals surface area contributed by atoms with Gasteiger partial charge in [0.2, 0.25) is 0 Å². The lowest BCUT2D eigenvalue weighted by atomic mass is 9.82. The van der Waals surface area contributed by atoms with Gasteiger partial charge in [-0.2, -0.15) is 0 Å². The molecule has 2 nitrogen and oxygen atoms in total. The molecule has 0 aromatic heterocycles. The molecule has 1 N–H and O–H groups in total. The van der Waals surface area contributed by atoms with Crippen LogP contribution in [0.2, 0.25) is 0 Å². The summed E-state index contributed by atoms with van der Waals surface area (Å²) in [6.07, 6.45) is 2.02. The van der Waals surface area contributed by atoms with Crippen molar-refractivity contribution < 1.29 is 5.11 Å². The molecule has 0 atom stereocenters. The van der Waals surface area contributed by atoms with Gasteiger partial charge in [-0.1, -0.05) is 32.0 Å². The highest BCUT2D eigenvalue weighted by atomic mass is 16.3. The Morgan fingerprint density at radius 1 is 1.18 bits per heavy atom. The number of rotatable bonds is 6. The number of benzene rings is 1. The van der Waals surface area contributed by atoms with E-state index in [4.69, 9.17) is 0 Å². The number of hydrogen-bond acceptors (Lipinski definition) is 2. The first kappa shape index (κ1) is 14.0. The summed E-state index contributed by atoms with van der Waals surface area (Å²) >= 11 is 0. The van der Waals surface area contributed by atoms with Crippen molar-refractivity contribution in [3.8, 4) is 0 Å². The molecule has 0 aliphatic rings. The number of aliphatic hydroxyl groups excluding tert-OH is 1. The maximum Gasteiger partial charge on any atom is 0.0504 e. The van der Waals surface area contributed by atoms with E-state index < -0.39 is 0 Å². The van der Waals surface area contributed by atoms with Crippen LogP contribution >= 0.6 is 0 Å². The normalized spacial score (nSPS) is 11.6. The van der Waals surface area contributed by atoms with Gasteiger partial charge in [0, 0.05) is 24.7 Å². The zero-order valence-corrected chi connectivity index (χ0v) is 11.5. The Labute approximate surface area is 105 Å². The Kier molecular flexibility index (Phi) is 5.01. The van der Waals surface area contributed by atoms with Gasteiger partial charge in [0.25, 0.3) is 0 Å². The van der Waals surface area contributed by atoms with Crippen LogP contribution in [0.25, 0.3) is 0 Å². The zero-order chi connectivity index (χ0) is 12.9. The largest absolute Gasteiger partial charge is 0.396 e. The summed E-state index contributed by atoms with van der Waals surface area (Å²) in [5.41, 5.74) is 2.57. The van der Waals surface area contributed by atoms with E-state index >= 15 is 0 Å². The van der Waals surface area contributed by atoms with Crippen LogP contribution in [0.1, 0.15) is 32.3 Å². The van der Waals surface area contributed by atoms with Gasteiger partial charge in [-0.3, -0.25) is 0 Å². The van der Waals surface area contributed by atoms with E-state index in [1.807, 2.05) is 0 Å². The lowest BCUT2D eigenvalue weighted by Gasteiger charge is -2.35. The van der Waals surface area contributed by atoms with Crippen molar-refractivity contribution in [2.75, 3.05) is 25.1 Å². The Morgan fingerprint density at radius 3 is 2.24 bits per heavy atom. The van der Waals surface area contributed by atoms with E-state index in [2.05, 4.69) is 57.0 Å². The van der Waals surface area contributed by atoms with Gasteiger partial charge in [-0.25, -0.2) is 0 Å². The molecule has 0 bridgehead atoms. The van der Waals surface area contributed by atoms with Crippen LogP contribution in [0, 0.1) is 12.3 Å². The molecule has 17 heavy (non-hydrogen) atoms. The van der Waals surface area contributed by atoms with Crippen molar-refractivity contribution >= 4 is 5.69 Å². The average molecular weight is 235 g/mol. The fraction of sp³-hybridized carbons (Fsp3) is 0.600. The van der Waals surface area contributed by atoms with Crippen molar-refractivity contribution in [2.24, 2.45) is 5.41 Å². The quantitative estimate of drug-likeness (QED) is 0.818. The molecule has 0 saturated heterocycles. The molecule has 2 heteroatoms. The van der Waals surface area contributed by atoms with Gasteiger partial charge < -0.3 is 10.0 Å². The van der Waals surface area contributed by atoms with Crippen molar-refractivity contribution in [2.45, 2.75) is 33.6 Å². The minimum Gasteiger partial charge on any atom is -0.396 e. The van der Waals surface area contributed by atoms with Crippen molar-refractivity contribution in [3.05, 3.63) is 29.8 Å². The van der Waals surface area contributed by atoms with Crippen molar-refractivity contribution in [1.82, 2.24) is 0 Å². The van der Waals surface area contributed by atoms with E-state index in [1.165, 1.54) is 11.3 Å². The number of para-hydroxylation sites is 1. The van der Waals surface area contributed by atoms with E-state index in [0.29, 0.717) is 0 Å². The summed E-state index contributed by atoms with van der Waals surface area (Å²) in [7, 11) is 2.11.